The van der Waals surface area contributed by atoms with Gasteiger partial charge in [0.15, 0.2) is 0 Å². The van der Waals surface area contributed by atoms with Gasteiger partial charge in [-0.2, -0.15) is 26.3 Å². The normalized spacial score (nSPS) is 13.4. The van der Waals surface area contributed by atoms with Crippen molar-refractivity contribution in [3.63, 3.8) is 0 Å². The summed E-state index contributed by atoms with van der Waals surface area (Å²) >= 11 is 0. The minimum absolute atomic E-state index is 0. The van der Waals surface area contributed by atoms with Crippen molar-refractivity contribution < 1.29 is 36.2 Å². The molecule has 0 saturated heterocycles. The smallest absolute Gasteiger partial charge is 0.869 e. The zero-order valence-corrected chi connectivity index (χ0v) is 9.84. The van der Waals surface area contributed by atoms with E-state index in [1.807, 2.05) is 0 Å². The van der Waals surface area contributed by atoms with Crippen LogP contribution in [0.5, 0.6) is 0 Å². The van der Waals surface area contributed by atoms with Crippen LogP contribution in [-0.4, -0.2) is 63.6 Å². The van der Waals surface area contributed by atoms with Crippen molar-refractivity contribution in [2.45, 2.75) is 12.4 Å². The quantitative estimate of drug-likeness (QED) is 0.307. The predicted molar refractivity (Wildman–Crippen MR) is 31.0 cm³/mol. The zero-order valence-electron chi connectivity index (χ0n) is 6.37. The summed E-state index contributed by atoms with van der Waals surface area (Å²) in [5.41, 5.74) is 0. The molecule has 76 valence electrons. The summed E-state index contributed by atoms with van der Waals surface area (Å²) in [5.74, 6) is -5.65. The van der Waals surface area contributed by atoms with Crippen LogP contribution < -0.4 is 5.11 Å². The Bertz CT molecular complexity index is 240. The molecule has 0 aliphatic carbocycles. The van der Waals surface area contributed by atoms with Gasteiger partial charge in [0.25, 0.3) is 5.78 Å². The first-order valence-corrected chi connectivity index (χ1v) is 2.62. The van der Waals surface area contributed by atoms with Gasteiger partial charge in [0.05, 0.1) is 0 Å². The minimum atomic E-state index is -5.46. The monoisotopic (exact) mass is 295 g/mol. The summed E-state index contributed by atoms with van der Waals surface area (Å²) in [6.45, 7) is 0. The van der Waals surface area contributed by atoms with Crippen molar-refractivity contribution in [1.29, 1.82) is 0 Å². The van der Waals surface area contributed by atoms with E-state index in [2.05, 4.69) is 0 Å². The molecule has 0 fully saturated rings. The molecular weight excluding hydrogens is 294 g/mol. The molecule has 0 aliphatic rings. The van der Waals surface area contributed by atoms with Crippen LogP contribution in [-0.2, 0) is 4.79 Å². The third-order valence-corrected chi connectivity index (χ3v) is 0.821. The Balaban J connectivity index is 0. The van der Waals surface area contributed by atoms with E-state index in [4.69, 9.17) is 0 Å². The molecule has 0 saturated carbocycles. The second-order valence-electron chi connectivity index (χ2n) is 1.87. The molecule has 0 rings (SSSR count). The predicted octanol–water partition coefficient (Wildman–Crippen LogP) is 0.543. The number of halogens is 6. The van der Waals surface area contributed by atoms with Gasteiger partial charge >= 0.3 is 57.8 Å². The fourth-order valence-electron chi connectivity index (χ4n) is 0.283. The molecule has 9 heteroatoms. The van der Waals surface area contributed by atoms with Gasteiger partial charge in [-0.3, -0.25) is 4.79 Å². The summed E-state index contributed by atoms with van der Waals surface area (Å²) in [6, 6.07) is 0. The Morgan fingerprint density at radius 3 is 1.57 bits per heavy atom. The molecule has 0 aromatic rings. The van der Waals surface area contributed by atoms with Gasteiger partial charge in [0.1, 0.15) is 0 Å². The van der Waals surface area contributed by atoms with Crippen LogP contribution in [0, 0.1) is 0 Å². The Labute approximate surface area is 111 Å². The molecule has 0 heterocycles. The summed E-state index contributed by atoms with van der Waals surface area (Å²) < 4.78 is 67.8. The maximum atomic E-state index is 11.3. The van der Waals surface area contributed by atoms with Crippen LogP contribution in [0.3, 0.4) is 0 Å². The number of carbonyl (C=O) groups excluding carboxylic acids is 1. The summed E-state index contributed by atoms with van der Waals surface area (Å²) in [5, 5.41) is 9.82. The molecule has 14 heavy (non-hydrogen) atoms. The van der Waals surface area contributed by atoms with E-state index in [1.165, 1.54) is 0 Å². The molecule has 2 nitrogen and oxygen atoms in total. The first kappa shape index (κ1) is 16.7. The Morgan fingerprint density at radius 2 is 1.36 bits per heavy atom. The van der Waals surface area contributed by atoms with Crippen molar-refractivity contribution in [2.75, 3.05) is 0 Å². The maximum absolute atomic E-state index is 11.3. The zero-order chi connectivity index (χ0) is 10.9. The van der Waals surface area contributed by atoms with E-state index in [-0.39, 0.29) is 45.5 Å². The van der Waals surface area contributed by atoms with Gasteiger partial charge in [-0.15, -0.1) is 0 Å². The topological polar surface area (TPSA) is 40.1 Å². The van der Waals surface area contributed by atoms with Gasteiger partial charge in [0, 0.05) is 0 Å². The Kier molecular flexibility index (Phi) is 6.41. The first-order chi connectivity index (χ1) is 5.55. The average molecular weight is 295 g/mol. The SMILES string of the molecule is O=C(/C=C(\[O-])C(F)(F)F)C(F)(F)F.[Sr+2]. The van der Waals surface area contributed by atoms with E-state index in [0.717, 1.165) is 0 Å². The largest absolute Gasteiger partial charge is 2.00 e. The van der Waals surface area contributed by atoms with Crippen LogP contribution in [0.15, 0.2) is 11.8 Å². The number of alkyl halides is 6. The second kappa shape index (κ2) is 5.38. The van der Waals surface area contributed by atoms with Crippen molar-refractivity contribution in [1.82, 2.24) is 0 Å². The molecular formula is C5HF6O2Sr+. The van der Waals surface area contributed by atoms with Gasteiger partial charge in [-0.1, -0.05) is 0 Å². The third-order valence-electron chi connectivity index (χ3n) is 0.821. The number of rotatable bonds is 1. The maximum Gasteiger partial charge on any atom is 2.00 e. The standard InChI is InChI=1S/C5H2F6O2.Sr/c6-4(7,8)2(12)1-3(13)5(9,10)11;/h1,12H;/q;+2/p-1/b2-1-;. The van der Waals surface area contributed by atoms with Crippen LogP contribution in [0.1, 0.15) is 0 Å². The molecule has 0 aliphatic heterocycles. The Morgan fingerprint density at radius 1 is 1.00 bits per heavy atom. The average Bonchev–Trinajstić information content (AvgIpc) is 1.82. The molecule has 0 aromatic carbocycles. The van der Waals surface area contributed by atoms with Gasteiger partial charge < -0.3 is 5.11 Å². The molecule has 0 spiro atoms. The molecule has 0 bridgehead atoms. The Hall–Kier alpha value is 0.271. The summed E-state index contributed by atoms with van der Waals surface area (Å²) in [4.78, 5) is 9.82. The second-order valence-corrected chi connectivity index (χ2v) is 1.87. The fraction of sp³-hybridized carbons (Fsp3) is 0.400. The van der Waals surface area contributed by atoms with E-state index >= 15 is 0 Å². The number of allylic oxidation sites excluding steroid dienone is 2. The molecule has 0 amide bonds. The summed E-state index contributed by atoms with van der Waals surface area (Å²) in [6.07, 6.45) is -11.9. The molecule has 0 unspecified atom stereocenters. The third kappa shape index (κ3) is 5.89. The van der Waals surface area contributed by atoms with Gasteiger partial charge in [0.2, 0.25) is 0 Å². The molecule has 0 N–H and O–H groups in total. The van der Waals surface area contributed by atoms with Crippen molar-refractivity contribution in [3.8, 4) is 0 Å². The van der Waals surface area contributed by atoms with E-state index in [0.29, 0.717) is 0 Å². The van der Waals surface area contributed by atoms with E-state index in [1.54, 1.807) is 0 Å². The molecule has 0 atom stereocenters. The van der Waals surface area contributed by atoms with Crippen molar-refractivity contribution >= 4 is 51.3 Å². The van der Waals surface area contributed by atoms with Crippen LogP contribution in [0.2, 0.25) is 0 Å². The fourth-order valence-corrected chi connectivity index (χ4v) is 0.283. The van der Waals surface area contributed by atoms with Crippen molar-refractivity contribution in [2.24, 2.45) is 0 Å². The van der Waals surface area contributed by atoms with Gasteiger partial charge in [-0.25, -0.2) is 0 Å². The van der Waals surface area contributed by atoms with E-state index in [9.17, 15) is 36.2 Å². The summed E-state index contributed by atoms with van der Waals surface area (Å²) in [7, 11) is 0. The minimum Gasteiger partial charge on any atom is -0.869 e. The number of ketones is 1. The van der Waals surface area contributed by atoms with Crippen LogP contribution in [0.25, 0.3) is 0 Å². The number of hydrogen-bond acceptors (Lipinski definition) is 2. The van der Waals surface area contributed by atoms with E-state index < -0.39 is 30.0 Å². The van der Waals surface area contributed by atoms with Crippen molar-refractivity contribution in [3.05, 3.63) is 11.8 Å². The van der Waals surface area contributed by atoms with Crippen LogP contribution in [0.4, 0.5) is 26.3 Å². The first-order valence-electron chi connectivity index (χ1n) is 2.62. The van der Waals surface area contributed by atoms with Gasteiger partial charge in [-0.05, 0) is 11.8 Å². The number of carbonyl (C=O) groups is 1. The molecule has 0 radical (unpaired) electrons. The number of hydrogen-bond donors (Lipinski definition) is 0. The molecule has 0 aromatic heterocycles. The van der Waals surface area contributed by atoms with Crippen LogP contribution >= 0.6 is 0 Å².